The summed E-state index contributed by atoms with van der Waals surface area (Å²) in [6.07, 6.45) is 5.15. The van der Waals surface area contributed by atoms with Crippen molar-refractivity contribution in [3.63, 3.8) is 0 Å². The Balaban J connectivity index is 2.21. The maximum Gasteiger partial charge on any atom is 0.190 e. The molecule has 1 aliphatic heterocycles. The second-order valence-corrected chi connectivity index (χ2v) is 6.77. The molecule has 5 heteroatoms. The lowest BCUT2D eigenvalue weighted by molar-refractivity contribution is 0.0320. The Morgan fingerprint density at radius 1 is 1.17 bits per heavy atom. The summed E-state index contributed by atoms with van der Waals surface area (Å²) in [7, 11) is 1.86. The van der Waals surface area contributed by atoms with Gasteiger partial charge in [-0.05, 0) is 18.3 Å². The fraction of sp³-hybridized carbons (Fsp3) is 0.944. The van der Waals surface area contributed by atoms with Crippen LogP contribution in [0.25, 0.3) is 0 Å². The van der Waals surface area contributed by atoms with E-state index in [1.165, 1.54) is 25.7 Å². The molecule has 1 saturated heterocycles. The third kappa shape index (κ3) is 9.16. The van der Waals surface area contributed by atoms with Crippen LogP contribution in [0.4, 0.5) is 0 Å². The van der Waals surface area contributed by atoms with Crippen molar-refractivity contribution in [1.29, 1.82) is 0 Å². The Morgan fingerprint density at radius 2 is 1.87 bits per heavy atom. The minimum atomic E-state index is 0.605. The minimum Gasteiger partial charge on any atom is -0.379 e. The summed E-state index contributed by atoms with van der Waals surface area (Å²) < 4.78 is 5.40. The number of guanidine groups is 1. The first-order valence-corrected chi connectivity index (χ1v) is 9.44. The molecule has 0 bridgehead atoms. The maximum atomic E-state index is 5.40. The van der Waals surface area contributed by atoms with E-state index in [1.807, 2.05) is 7.05 Å². The number of rotatable bonds is 10. The third-order valence-corrected chi connectivity index (χ3v) is 4.62. The SMILES string of the molecule is CCCCC(CC)CNC(=NC)NCC(C)CN1CCOCC1. The van der Waals surface area contributed by atoms with Gasteiger partial charge >= 0.3 is 0 Å². The molecule has 2 unspecified atom stereocenters. The quantitative estimate of drug-likeness (QED) is 0.478. The minimum absolute atomic E-state index is 0.605. The molecule has 5 nitrogen and oxygen atoms in total. The Hall–Kier alpha value is -0.810. The Labute approximate surface area is 143 Å². The molecule has 0 spiro atoms. The van der Waals surface area contributed by atoms with Gasteiger partial charge in [0.1, 0.15) is 0 Å². The number of morpholine rings is 1. The Bertz CT molecular complexity index is 316. The van der Waals surface area contributed by atoms with E-state index in [2.05, 4.69) is 41.3 Å². The molecule has 0 aromatic carbocycles. The van der Waals surface area contributed by atoms with Gasteiger partial charge < -0.3 is 15.4 Å². The number of hydrogen-bond acceptors (Lipinski definition) is 3. The van der Waals surface area contributed by atoms with E-state index in [1.54, 1.807) is 0 Å². The van der Waals surface area contributed by atoms with Gasteiger partial charge in [-0.1, -0.05) is 40.0 Å². The van der Waals surface area contributed by atoms with Crippen LogP contribution in [0.3, 0.4) is 0 Å². The van der Waals surface area contributed by atoms with Gasteiger partial charge in [0.05, 0.1) is 13.2 Å². The molecule has 1 rings (SSSR count). The lowest BCUT2D eigenvalue weighted by Crippen LogP contribution is -2.44. The van der Waals surface area contributed by atoms with Gasteiger partial charge in [-0.2, -0.15) is 0 Å². The largest absolute Gasteiger partial charge is 0.379 e. The van der Waals surface area contributed by atoms with Crippen molar-refractivity contribution in [2.75, 3.05) is 53.0 Å². The van der Waals surface area contributed by atoms with Gasteiger partial charge in [-0.25, -0.2) is 0 Å². The summed E-state index contributed by atoms with van der Waals surface area (Å²) in [5, 5.41) is 6.97. The highest BCUT2D eigenvalue weighted by molar-refractivity contribution is 5.79. The zero-order valence-corrected chi connectivity index (χ0v) is 15.7. The highest BCUT2D eigenvalue weighted by Gasteiger charge is 2.14. The van der Waals surface area contributed by atoms with Gasteiger partial charge in [0.2, 0.25) is 0 Å². The second kappa shape index (κ2) is 12.6. The lowest BCUT2D eigenvalue weighted by Gasteiger charge is -2.29. The predicted molar refractivity (Wildman–Crippen MR) is 99.1 cm³/mol. The van der Waals surface area contributed by atoms with Gasteiger partial charge in [-0.15, -0.1) is 0 Å². The number of ether oxygens (including phenoxy) is 1. The molecule has 0 amide bonds. The zero-order valence-electron chi connectivity index (χ0n) is 15.7. The summed E-state index contributed by atoms with van der Waals surface area (Å²) >= 11 is 0. The topological polar surface area (TPSA) is 48.9 Å². The average Bonchev–Trinajstić information content (AvgIpc) is 2.58. The number of nitrogens with one attached hydrogen (secondary N) is 2. The molecule has 0 radical (unpaired) electrons. The van der Waals surface area contributed by atoms with E-state index in [4.69, 9.17) is 4.74 Å². The van der Waals surface area contributed by atoms with Crippen LogP contribution in [0, 0.1) is 11.8 Å². The smallest absolute Gasteiger partial charge is 0.190 e. The molecule has 0 aromatic heterocycles. The van der Waals surface area contributed by atoms with Crippen molar-refractivity contribution in [2.24, 2.45) is 16.8 Å². The third-order valence-electron chi connectivity index (χ3n) is 4.62. The van der Waals surface area contributed by atoms with E-state index < -0.39 is 0 Å². The van der Waals surface area contributed by atoms with E-state index in [9.17, 15) is 0 Å². The highest BCUT2D eigenvalue weighted by atomic mass is 16.5. The van der Waals surface area contributed by atoms with Crippen LogP contribution in [0.15, 0.2) is 4.99 Å². The Kier molecular flexibility index (Phi) is 11.1. The van der Waals surface area contributed by atoms with Gasteiger partial charge in [-0.3, -0.25) is 9.89 Å². The summed E-state index contributed by atoms with van der Waals surface area (Å²) in [6.45, 7) is 13.8. The van der Waals surface area contributed by atoms with Crippen LogP contribution in [0.2, 0.25) is 0 Å². The first-order valence-electron chi connectivity index (χ1n) is 9.44. The maximum absolute atomic E-state index is 5.40. The average molecular weight is 327 g/mol. The first kappa shape index (κ1) is 20.2. The van der Waals surface area contributed by atoms with Crippen LogP contribution in [0.1, 0.15) is 46.5 Å². The van der Waals surface area contributed by atoms with Gasteiger partial charge in [0, 0.05) is 39.8 Å². The highest BCUT2D eigenvalue weighted by Crippen LogP contribution is 2.11. The van der Waals surface area contributed by atoms with Crippen LogP contribution >= 0.6 is 0 Å². The predicted octanol–water partition coefficient (Wildman–Crippen LogP) is 2.34. The fourth-order valence-electron chi connectivity index (χ4n) is 2.96. The lowest BCUT2D eigenvalue weighted by atomic mass is 9.99. The first-order chi connectivity index (χ1) is 11.2. The van der Waals surface area contributed by atoms with Crippen molar-refractivity contribution < 1.29 is 4.74 Å². The molecule has 0 aliphatic carbocycles. The molecule has 0 aromatic rings. The fourth-order valence-corrected chi connectivity index (χ4v) is 2.96. The van der Waals surface area contributed by atoms with E-state index in [-0.39, 0.29) is 0 Å². The van der Waals surface area contributed by atoms with E-state index in [0.717, 1.165) is 57.8 Å². The number of unbranched alkanes of at least 4 members (excludes halogenated alkanes) is 1. The second-order valence-electron chi connectivity index (χ2n) is 6.77. The molecule has 136 valence electrons. The molecule has 0 saturated carbocycles. The molecule has 1 aliphatic rings. The number of aliphatic imine (C=N–C) groups is 1. The number of nitrogens with zero attached hydrogens (tertiary/aromatic N) is 2. The van der Waals surface area contributed by atoms with Crippen LogP contribution in [-0.2, 0) is 4.74 Å². The van der Waals surface area contributed by atoms with Crippen molar-refractivity contribution >= 4 is 5.96 Å². The summed E-state index contributed by atoms with van der Waals surface area (Å²) in [4.78, 5) is 6.84. The Morgan fingerprint density at radius 3 is 2.48 bits per heavy atom. The normalized spacial score (nSPS) is 19.4. The molecule has 2 N–H and O–H groups in total. The number of hydrogen-bond donors (Lipinski definition) is 2. The van der Waals surface area contributed by atoms with Crippen LogP contribution in [0.5, 0.6) is 0 Å². The monoisotopic (exact) mass is 326 g/mol. The molecule has 1 heterocycles. The summed E-state index contributed by atoms with van der Waals surface area (Å²) in [5.74, 6) is 2.29. The van der Waals surface area contributed by atoms with Crippen molar-refractivity contribution in [2.45, 2.75) is 46.5 Å². The molecular formula is C18H38N4O. The zero-order chi connectivity index (χ0) is 16.9. The van der Waals surface area contributed by atoms with Crippen LogP contribution < -0.4 is 10.6 Å². The molecular weight excluding hydrogens is 288 g/mol. The van der Waals surface area contributed by atoms with Gasteiger partial charge in [0.25, 0.3) is 0 Å². The van der Waals surface area contributed by atoms with Crippen LogP contribution in [-0.4, -0.2) is 63.8 Å². The van der Waals surface area contributed by atoms with Crippen molar-refractivity contribution in [3.05, 3.63) is 0 Å². The standard InChI is InChI=1S/C18H38N4O/c1-5-7-8-17(6-2)14-21-18(19-4)20-13-16(3)15-22-9-11-23-12-10-22/h16-17H,5-15H2,1-4H3,(H2,19,20,21). The summed E-state index contributed by atoms with van der Waals surface area (Å²) in [5.41, 5.74) is 0. The molecule has 2 atom stereocenters. The van der Waals surface area contributed by atoms with Gasteiger partial charge in [0.15, 0.2) is 5.96 Å². The molecule has 1 fully saturated rings. The molecule has 23 heavy (non-hydrogen) atoms. The summed E-state index contributed by atoms with van der Waals surface area (Å²) in [6, 6.07) is 0. The van der Waals surface area contributed by atoms with Crippen molar-refractivity contribution in [3.8, 4) is 0 Å². The van der Waals surface area contributed by atoms with E-state index in [0.29, 0.717) is 5.92 Å². The van der Waals surface area contributed by atoms with Crippen molar-refractivity contribution in [1.82, 2.24) is 15.5 Å². The van der Waals surface area contributed by atoms with E-state index >= 15 is 0 Å².